The Kier molecular flexibility index (Phi) is 6.95. The maximum absolute atomic E-state index is 11.8. The minimum atomic E-state index is -0.659. The molecule has 2 rings (SSSR count). The third kappa shape index (κ3) is 5.80. The van der Waals surface area contributed by atoms with E-state index < -0.39 is 5.97 Å². The average Bonchev–Trinajstić information content (AvgIpc) is 2.66. The molecular formula is C20H18N2O4. The minimum Gasteiger partial charge on any atom is -0.484 e. The van der Waals surface area contributed by atoms with Crippen molar-refractivity contribution in [2.24, 2.45) is 0 Å². The van der Waals surface area contributed by atoms with Crippen LogP contribution in [-0.4, -0.2) is 25.1 Å². The molecule has 26 heavy (non-hydrogen) atoms. The molecule has 0 heterocycles. The second-order valence-corrected chi connectivity index (χ2v) is 5.16. The van der Waals surface area contributed by atoms with E-state index >= 15 is 0 Å². The number of carbonyl (C=O) groups excluding carboxylic acids is 2. The quantitative estimate of drug-likeness (QED) is 0.471. The highest BCUT2D eigenvalue weighted by Crippen LogP contribution is 2.15. The summed E-state index contributed by atoms with van der Waals surface area (Å²) >= 11 is 0. The van der Waals surface area contributed by atoms with E-state index in [1.165, 1.54) is 6.08 Å². The fourth-order valence-corrected chi connectivity index (χ4v) is 2.04. The number of hydrogen-bond acceptors (Lipinski definition) is 5. The summed E-state index contributed by atoms with van der Waals surface area (Å²) in [6.45, 7) is 1.75. The third-order valence-electron chi connectivity index (χ3n) is 3.23. The second kappa shape index (κ2) is 9.64. The predicted octanol–water partition coefficient (Wildman–Crippen LogP) is 3.17. The van der Waals surface area contributed by atoms with Gasteiger partial charge in [0.2, 0.25) is 0 Å². The number of anilines is 1. The molecule has 6 nitrogen and oxygen atoms in total. The highest BCUT2D eigenvalue weighted by Gasteiger charge is 2.09. The number of nitriles is 1. The molecule has 0 aliphatic heterocycles. The first-order valence-corrected chi connectivity index (χ1v) is 7.99. The third-order valence-corrected chi connectivity index (χ3v) is 3.23. The number of nitrogens with one attached hydrogen (secondary N) is 1. The van der Waals surface area contributed by atoms with Gasteiger partial charge in [-0.15, -0.1) is 0 Å². The Morgan fingerprint density at radius 2 is 1.81 bits per heavy atom. The Balaban J connectivity index is 1.92. The molecule has 0 saturated heterocycles. The highest BCUT2D eigenvalue weighted by molar-refractivity contribution is 5.97. The molecule has 0 aliphatic rings. The van der Waals surface area contributed by atoms with Crippen LogP contribution in [0.15, 0.2) is 60.2 Å². The van der Waals surface area contributed by atoms with Gasteiger partial charge in [-0.3, -0.25) is 4.79 Å². The van der Waals surface area contributed by atoms with Crippen molar-refractivity contribution >= 4 is 23.6 Å². The number of esters is 1. The topological polar surface area (TPSA) is 88.4 Å². The summed E-state index contributed by atoms with van der Waals surface area (Å²) in [6.07, 6.45) is 1.43. The second-order valence-electron chi connectivity index (χ2n) is 5.16. The Morgan fingerprint density at radius 3 is 2.42 bits per heavy atom. The van der Waals surface area contributed by atoms with Crippen LogP contribution in [0.4, 0.5) is 5.69 Å². The van der Waals surface area contributed by atoms with Crippen LogP contribution in [-0.2, 0) is 14.3 Å². The summed E-state index contributed by atoms with van der Waals surface area (Å²) in [4.78, 5) is 23.4. The molecule has 0 unspecified atom stereocenters. The highest BCUT2D eigenvalue weighted by atomic mass is 16.5. The van der Waals surface area contributed by atoms with Crippen molar-refractivity contribution in [3.05, 3.63) is 65.7 Å². The zero-order chi connectivity index (χ0) is 18.8. The SMILES string of the molecule is CCOC(=O)C(C#N)=Cc1ccc(OCC(=O)Nc2ccccc2)cc1. The summed E-state index contributed by atoms with van der Waals surface area (Å²) in [5.41, 5.74) is 1.27. The summed E-state index contributed by atoms with van der Waals surface area (Å²) in [7, 11) is 0. The number of para-hydroxylation sites is 1. The van der Waals surface area contributed by atoms with Crippen LogP contribution < -0.4 is 10.1 Å². The lowest BCUT2D eigenvalue weighted by Crippen LogP contribution is -2.20. The fraction of sp³-hybridized carbons (Fsp3) is 0.150. The summed E-state index contributed by atoms with van der Waals surface area (Å²) < 4.78 is 10.2. The molecule has 1 N–H and O–H groups in total. The maximum atomic E-state index is 11.8. The van der Waals surface area contributed by atoms with Crippen LogP contribution >= 0.6 is 0 Å². The Bertz CT molecular complexity index is 821. The first-order chi connectivity index (χ1) is 12.6. The Morgan fingerprint density at radius 1 is 1.12 bits per heavy atom. The molecule has 6 heteroatoms. The van der Waals surface area contributed by atoms with Crippen LogP contribution in [0.3, 0.4) is 0 Å². The average molecular weight is 350 g/mol. The van der Waals surface area contributed by atoms with Crippen molar-refractivity contribution < 1.29 is 19.1 Å². The summed E-state index contributed by atoms with van der Waals surface area (Å²) in [6, 6.07) is 17.6. The lowest BCUT2D eigenvalue weighted by molar-refractivity contribution is -0.137. The van der Waals surface area contributed by atoms with Gasteiger partial charge in [0, 0.05) is 5.69 Å². The Hall–Kier alpha value is -3.59. The van der Waals surface area contributed by atoms with Crippen LogP contribution in [0.25, 0.3) is 6.08 Å². The van der Waals surface area contributed by atoms with Crippen molar-refractivity contribution in [1.82, 2.24) is 0 Å². The molecule has 2 aromatic rings. The zero-order valence-corrected chi connectivity index (χ0v) is 14.3. The van der Waals surface area contributed by atoms with Crippen molar-refractivity contribution in [3.8, 4) is 11.8 Å². The van der Waals surface area contributed by atoms with Gasteiger partial charge in [0.15, 0.2) is 6.61 Å². The Labute approximate surface area is 151 Å². The molecule has 0 atom stereocenters. The van der Waals surface area contributed by atoms with Crippen LogP contribution in [0.1, 0.15) is 12.5 Å². The molecule has 0 aliphatic carbocycles. The van der Waals surface area contributed by atoms with Gasteiger partial charge in [-0.25, -0.2) is 4.79 Å². The number of rotatable bonds is 7. The van der Waals surface area contributed by atoms with Gasteiger partial charge in [-0.2, -0.15) is 5.26 Å². The molecule has 0 spiro atoms. The van der Waals surface area contributed by atoms with Gasteiger partial charge in [0.05, 0.1) is 6.61 Å². The largest absolute Gasteiger partial charge is 0.484 e. The van der Waals surface area contributed by atoms with Gasteiger partial charge in [-0.05, 0) is 42.8 Å². The number of hydrogen-bond donors (Lipinski definition) is 1. The summed E-state index contributed by atoms with van der Waals surface area (Å²) in [5, 5.41) is 11.7. The maximum Gasteiger partial charge on any atom is 0.348 e. The van der Waals surface area contributed by atoms with E-state index in [2.05, 4.69) is 5.32 Å². The lowest BCUT2D eigenvalue weighted by atomic mass is 10.1. The van der Waals surface area contributed by atoms with E-state index in [-0.39, 0.29) is 24.7 Å². The molecule has 0 saturated carbocycles. The first-order valence-electron chi connectivity index (χ1n) is 7.99. The predicted molar refractivity (Wildman–Crippen MR) is 97.2 cm³/mol. The molecular weight excluding hydrogens is 332 g/mol. The van der Waals surface area contributed by atoms with Crippen LogP contribution in [0.2, 0.25) is 0 Å². The number of amides is 1. The van der Waals surface area contributed by atoms with E-state index in [9.17, 15) is 9.59 Å². The molecule has 0 aromatic heterocycles. The lowest BCUT2D eigenvalue weighted by Gasteiger charge is -2.07. The molecule has 132 valence electrons. The normalized spacial score (nSPS) is 10.5. The number of carbonyl (C=O) groups is 2. The monoisotopic (exact) mass is 350 g/mol. The number of ether oxygens (including phenoxy) is 2. The first kappa shape index (κ1) is 18.7. The van der Waals surface area contributed by atoms with Crippen molar-refractivity contribution in [3.63, 3.8) is 0 Å². The molecule has 2 aromatic carbocycles. The summed E-state index contributed by atoms with van der Waals surface area (Å²) in [5.74, 6) is -0.429. The van der Waals surface area contributed by atoms with E-state index in [1.54, 1.807) is 43.3 Å². The smallest absolute Gasteiger partial charge is 0.348 e. The van der Waals surface area contributed by atoms with E-state index in [4.69, 9.17) is 14.7 Å². The zero-order valence-electron chi connectivity index (χ0n) is 14.3. The van der Waals surface area contributed by atoms with Crippen molar-refractivity contribution in [2.45, 2.75) is 6.92 Å². The van der Waals surface area contributed by atoms with Crippen molar-refractivity contribution in [2.75, 3.05) is 18.5 Å². The molecule has 0 bridgehead atoms. The van der Waals surface area contributed by atoms with Gasteiger partial charge < -0.3 is 14.8 Å². The van der Waals surface area contributed by atoms with Gasteiger partial charge >= 0.3 is 5.97 Å². The van der Waals surface area contributed by atoms with Gasteiger partial charge in [0.1, 0.15) is 17.4 Å². The van der Waals surface area contributed by atoms with Crippen LogP contribution in [0, 0.1) is 11.3 Å². The van der Waals surface area contributed by atoms with Gasteiger partial charge in [-0.1, -0.05) is 30.3 Å². The van der Waals surface area contributed by atoms with E-state index in [0.29, 0.717) is 17.0 Å². The minimum absolute atomic E-state index is 0.0808. The number of nitrogens with zero attached hydrogens (tertiary/aromatic N) is 1. The van der Waals surface area contributed by atoms with Crippen LogP contribution in [0.5, 0.6) is 5.75 Å². The number of benzene rings is 2. The molecule has 1 amide bonds. The van der Waals surface area contributed by atoms with E-state index in [0.717, 1.165) is 0 Å². The van der Waals surface area contributed by atoms with E-state index in [1.807, 2.05) is 24.3 Å². The molecule has 0 radical (unpaired) electrons. The van der Waals surface area contributed by atoms with Crippen molar-refractivity contribution in [1.29, 1.82) is 5.26 Å². The standard InChI is InChI=1S/C20H18N2O4/c1-2-25-20(24)16(13-21)12-15-8-10-18(11-9-15)26-14-19(23)22-17-6-4-3-5-7-17/h3-12H,2,14H2,1H3,(H,22,23). The van der Waals surface area contributed by atoms with Gasteiger partial charge in [0.25, 0.3) is 5.91 Å². The fourth-order valence-electron chi connectivity index (χ4n) is 2.04. The molecule has 0 fully saturated rings.